The van der Waals surface area contributed by atoms with Crippen molar-refractivity contribution in [3.8, 4) is 17.2 Å². The molecule has 0 aliphatic heterocycles. The second kappa shape index (κ2) is 8.06. The predicted octanol–water partition coefficient (Wildman–Crippen LogP) is 3.75. The Bertz CT molecular complexity index is 733. The van der Waals surface area contributed by atoms with Crippen LogP contribution >= 0.6 is 15.9 Å². The molecule has 0 bridgehead atoms. The average molecular weight is 394 g/mol. The maximum Gasteiger partial charge on any atom is 0.257 e. The van der Waals surface area contributed by atoms with E-state index in [1.165, 1.54) is 7.11 Å². The van der Waals surface area contributed by atoms with Crippen molar-refractivity contribution in [1.82, 2.24) is 4.90 Å². The van der Waals surface area contributed by atoms with Gasteiger partial charge in [0.25, 0.3) is 5.91 Å². The molecule has 0 aliphatic rings. The molecule has 0 fully saturated rings. The number of carbonyl (C=O) groups is 1. The van der Waals surface area contributed by atoms with E-state index >= 15 is 0 Å². The largest absolute Gasteiger partial charge is 0.497 e. The average Bonchev–Trinajstić information content (AvgIpc) is 2.60. The highest BCUT2D eigenvalue weighted by molar-refractivity contribution is 9.10. The van der Waals surface area contributed by atoms with Gasteiger partial charge in [-0.1, -0.05) is 18.2 Å². The van der Waals surface area contributed by atoms with Gasteiger partial charge in [-0.15, -0.1) is 0 Å². The minimum absolute atomic E-state index is 0.169. The molecule has 2 aromatic rings. The van der Waals surface area contributed by atoms with Gasteiger partial charge in [0.05, 0.1) is 31.4 Å². The summed E-state index contributed by atoms with van der Waals surface area (Å²) < 4.78 is 16.6. The second-order valence-corrected chi connectivity index (χ2v) is 6.02. The van der Waals surface area contributed by atoms with E-state index in [0.29, 0.717) is 28.1 Å². The van der Waals surface area contributed by atoms with Gasteiger partial charge in [0, 0.05) is 19.2 Å². The summed E-state index contributed by atoms with van der Waals surface area (Å²) in [6, 6.07) is 11.0. The Hall–Kier alpha value is -2.21. The lowest BCUT2D eigenvalue weighted by molar-refractivity contribution is 0.0780. The number of carbonyl (C=O) groups excluding carboxylic acids is 1. The van der Waals surface area contributed by atoms with Crippen LogP contribution < -0.4 is 14.2 Å². The Kier molecular flexibility index (Phi) is 6.09. The van der Waals surface area contributed by atoms with Gasteiger partial charge in [-0.25, -0.2) is 0 Å². The van der Waals surface area contributed by atoms with E-state index in [1.54, 1.807) is 38.3 Å². The van der Waals surface area contributed by atoms with Crippen molar-refractivity contribution in [1.29, 1.82) is 0 Å². The van der Waals surface area contributed by atoms with Crippen molar-refractivity contribution in [3.05, 3.63) is 52.0 Å². The lowest BCUT2D eigenvalue weighted by atomic mass is 10.1. The maximum absolute atomic E-state index is 12.9. The predicted molar refractivity (Wildman–Crippen MR) is 96.0 cm³/mol. The number of hydrogen-bond acceptors (Lipinski definition) is 4. The Morgan fingerprint density at radius 1 is 1.08 bits per heavy atom. The molecule has 128 valence electrons. The summed E-state index contributed by atoms with van der Waals surface area (Å²) in [5, 5.41) is 0. The Balaban J connectivity index is 2.32. The number of methoxy groups -OCH3 is 3. The number of rotatable bonds is 6. The lowest BCUT2D eigenvalue weighted by Crippen LogP contribution is -2.27. The summed E-state index contributed by atoms with van der Waals surface area (Å²) in [6.45, 7) is 0.417. The molecule has 2 rings (SSSR count). The molecule has 0 saturated heterocycles. The molecule has 24 heavy (non-hydrogen) atoms. The van der Waals surface area contributed by atoms with E-state index in [2.05, 4.69) is 15.9 Å². The Morgan fingerprint density at radius 3 is 2.42 bits per heavy atom. The van der Waals surface area contributed by atoms with Crippen LogP contribution in [-0.2, 0) is 6.54 Å². The lowest BCUT2D eigenvalue weighted by Gasteiger charge is -2.21. The van der Waals surface area contributed by atoms with Crippen LogP contribution in [-0.4, -0.2) is 39.2 Å². The highest BCUT2D eigenvalue weighted by atomic mass is 79.9. The van der Waals surface area contributed by atoms with Crippen LogP contribution in [0.15, 0.2) is 40.9 Å². The molecule has 0 aliphatic carbocycles. The zero-order valence-electron chi connectivity index (χ0n) is 14.1. The third-order valence-electron chi connectivity index (χ3n) is 3.63. The van der Waals surface area contributed by atoms with Crippen molar-refractivity contribution in [2.24, 2.45) is 0 Å². The summed E-state index contributed by atoms with van der Waals surface area (Å²) in [5.74, 6) is 1.64. The van der Waals surface area contributed by atoms with E-state index in [0.717, 1.165) is 11.3 Å². The van der Waals surface area contributed by atoms with E-state index in [4.69, 9.17) is 14.2 Å². The highest BCUT2D eigenvalue weighted by Gasteiger charge is 2.21. The van der Waals surface area contributed by atoms with Crippen LogP contribution in [0.1, 0.15) is 15.9 Å². The Labute approximate surface area is 150 Å². The quantitative estimate of drug-likeness (QED) is 0.749. The minimum atomic E-state index is -0.169. The smallest absolute Gasteiger partial charge is 0.257 e. The number of halogens is 1. The third-order valence-corrected chi connectivity index (χ3v) is 4.22. The topological polar surface area (TPSA) is 48.0 Å². The molecule has 0 N–H and O–H groups in total. The van der Waals surface area contributed by atoms with Crippen LogP contribution in [0.25, 0.3) is 0 Å². The van der Waals surface area contributed by atoms with Crippen molar-refractivity contribution in [3.63, 3.8) is 0 Å². The number of para-hydroxylation sites is 1. The van der Waals surface area contributed by atoms with E-state index < -0.39 is 0 Å². The van der Waals surface area contributed by atoms with Crippen molar-refractivity contribution in [2.45, 2.75) is 6.54 Å². The zero-order chi connectivity index (χ0) is 17.7. The fraction of sp³-hybridized carbons (Fsp3) is 0.278. The monoisotopic (exact) mass is 393 g/mol. The molecule has 1 amide bonds. The highest BCUT2D eigenvalue weighted by Crippen LogP contribution is 2.34. The fourth-order valence-corrected chi connectivity index (χ4v) is 3.02. The molecule has 5 nitrogen and oxygen atoms in total. The second-order valence-electron chi connectivity index (χ2n) is 5.16. The first-order valence-electron chi connectivity index (χ1n) is 7.30. The number of amides is 1. The van der Waals surface area contributed by atoms with Crippen LogP contribution in [0.2, 0.25) is 0 Å². The molecule has 0 heterocycles. The first-order chi connectivity index (χ1) is 11.5. The summed E-state index contributed by atoms with van der Waals surface area (Å²) >= 11 is 3.41. The fourth-order valence-electron chi connectivity index (χ4n) is 2.42. The molecular weight excluding hydrogens is 374 g/mol. The standard InChI is InChI=1S/C18H20BrNO4/c1-20(11-12-7-5-6-8-16(12)23-3)18(21)14-9-13(22-2)10-15(19)17(14)24-4/h5-10H,11H2,1-4H3. The first kappa shape index (κ1) is 18.1. The first-order valence-corrected chi connectivity index (χ1v) is 8.10. The van der Waals surface area contributed by atoms with Crippen LogP contribution in [0, 0.1) is 0 Å². The van der Waals surface area contributed by atoms with Gasteiger partial charge in [-0.05, 0) is 34.1 Å². The van der Waals surface area contributed by atoms with Crippen LogP contribution in [0.3, 0.4) is 0 Å². The summed E-state index contributed by atoms with van der Waals surface area (Å²) in [6.07, 6.45) is 0. The molecule has 0 unspecified atom stereocenters. The molecule has 0 radical (unpaired) electrons. The van der Waals surface area contributed by atoms with Crippen LogP contribution in [0.4, 0.5) is 0 Å². The van der Waals surface area contributed by atoms with Crippen molar-refractivity contribution < 1.29 is 19.0 Å². The molecule has 0 spiro atoms. The van der Waals surface area contributed by atoms with Gasteiger partial charge in [-0.3, -0.25) is 4.79 Å². The molecule has 6 heteroatoms. The normalized spacial score (nSPS) is 10.2. The summed E-state index contributed by atoms with van der Waals surface area (Å²) in [4.78, 5) is 14.5. The van der Waals surface area contributed by atoms with Gasteiger partial charge in [-0.2, -0.15) is 0 Å². The zero-order valence-corrected chi connectivity index (χ0v) is 15.7. The summed E-state index contributed by atoms with van der Waals surface area (Å²) in [7, 11) is 6.44. The molecule has 0 atom stereocenters. The van der Waals surface area contributed by atoms with E-state index in [9.17, 15) is 4.79 Å². The molecule has 0 saturated carbocycles. The summed E-state index contributed by atoms with van der Waals surface area (Å²) in [5.41, 5.74) is 1.36. The van der Waals surface area contributed by atoms with Gasteiger partial charge < -0.3 is 19.1 Å². The SMILES string of the molecule is COc1cc(Br)c(OC)c(C(=O)N(C)Cc2ccccc2OC)c1. The number of ether oxygens (including phenoxy) is 3. The Morgan fingerprint density at radius 2 is 1.79 bits per heavy atom. The van der Waals surface area contributed by atoms with Gasteiger partial charge in [0.2, 0.25) is 0 Å². The van der Waals surface area contributed by atoms with Crippen LogP contribution in [0.5, 0.6) is 17.2 Å². The van der Waals surface area contributed by atoms with Gasteiger partial charge in [0.1, 0.15) is 17.2 Å². The molecular formula is C18H20BrNO4. The van der Waals surface area contributed by atoms with Gasteiger partial charge in [0.15, 0.2) is 0 Å². The van der Waals surface area contributed by atoms with Crippen molar-refractivity contribution >= 4 is 21.8 Å². The number of hydrogen-bond donors (Lipinski definition) is 0. The van der Waals surface area contributed by atoms with Gasteiger partial charge >= 0.3 is 0 Å². The molecule has 2 aromatic carbocycles. The minimum Gasteiger partial charge on any atom is -0.497 e. The molecule has 0 aromatic heterocycles. The third kappa shape index (κ3) is 3.82. The van der Waals surface area contributed by atoms with E-state index in [1.807, 2.05) is 24.3 Å². The maximum atomic E-state index is 12.9. The van der Waals surface area contributed by atoms with E-state index in [-0.39, 0.29) is 5.91 Å². The number of nitrogens with zero attached hydrogens (tertiary/aromatic N) is 1. The number of benzene rings is 2. The van der Waals surface area contributed by atoms with Crippen molar-refractivity contribution in [2.75, 3.05) is 28.4 Å².